The molecule has 1 heterocycles. The van der Waals surface area contributed by atoms with Crippen molar-refractivity contribution in [2.24, 2.45) is 0 Å². The van der Waals surface area contributed by atoms with Crippen LogP contribution in [-0.2, 0) is 0 Å². The molecule has 3 aromatic rings. The zero-order valence-corrected chi connectivity index (χ0v) is 14.8. The molecule has 138 valence electrons. The van der Waals surface area contributed by atoms with Crippen LogP contribution >= 0.6 is 0 Å². The number of nitro groups is 1. The van der Waals surface area contributed by atoms with Crippen LogP contribution in [0, 0.1) is 21.4 Å². The van der Waals surface area contributed by atoms with Gasteiger partial charge >= 0.3 is 0 Å². The Morgan fingerprint density at radius 1 is 1.18 bits per heavy atom. The first kappa shape index (κ1) is 18.6. The van der Waals surface area contributed by atoms with Gasteiger partial charge < -0.3 is 9.15 Å². The average molecular weight is 374 g/mol. The van der Waals surface area contributed by atoms with Crippen molar-refractivity contribution in [1.82, 2.24) is 0 Å². The number of carbonyl (C=O) groups excluding carboxylic acids is 1. The van der Waals surface area contributed by atoms with Gasteiger partial charge in [0, 0.05) is 11.6 Å². The van der Waals surface area contributed by atoms with Gasteiger partial charge in [0.05, 0.1) is 23.7 Å². The minimum absolute atomic E-state index is 0.101. The van der Waals surface area contributed by atoms with Crippen LogP contribution in [0.4, 0.5) is 5.69 Å². The largest absolute Gasteiger partial charge is 0.497 e. The van der Waals surface area contributed by atoms with Crippen molar-refractivity contribution in [2.75, 3.05) is 7.11 Å². The lowest BCUT2D eigenvalue weighted by Crippen LogP contribution is -2.01. The highest BCUT2D eigenvalue weighted by Gasteiger charge is 2.20. The monoisotopic (exact) mass is 374 g/mol. The summed E-state index contributed by atoms with van der Waals surface area (Å²) in [6.07, 6.45) is 1.31. The smallest absolute Gasteiger partial charge is 0.284 e. The lowest BCUT2D eigenvalue weighted by molar-refractivity contribution is -0.384. The summed E-state index contributed by atoms with van der Waals surface area (Å²) in [6.45, 7) is 0. The Bertz CT molecular complexity index is 1110. The van der Waals surface area contributed by atoms with E-state index in [-0.39, 0.29) is 28.3 Å². The maximum absolute atomic E-state index is 12.4. The van der Waals surface area contributed by atoms with Crippen molar-refractivity contribution in [1.29, 1.82) is 5.26 Å². The first-order valence-corrected chi connectivity index (χ1v) is 8.17. The minimum Gasteiger partial charge on any atom is -0.497 e. The van der Waals surface area contributed by atoms with Gasteiger partial charge in [-0.2, -0.15) is 5.26 Å². The molecule has 7 heteroatoms. The number of nitro benzene ring substituents is 1. The number of ketones is 1. The Kier molecular flexibility index (Phi) is 5.33. The van der Waals surface area contributed by atoms with Gasteiger partial charge in [-0.05, 0) is 24.3 Å². The first-order valence-electron chi connectivity index (χ1n) is 8.17. The Labute approximate surface area is 160 Å². The second kappa shape index (κ2) is 8.01. The van der Waals surface area contributed by atoms with Crippen molar-refractivity contribution in [2.45, 2.75) is 0 Å². The van der Waals surface area contributed by atoms with Crippen molar-refractivity contribution in [3.63, 3.8) is 0 Å². The van der Waals surface area contributed by atoms with Crippen LogP contribution in [0.2, 0.25) is 0 Å². The van der Waals surface area contributed by atoms with Crippen LogP contribution in [0.1, 0.15) is 16.1 Å². The van der Waals surface area contributed by atoms with Gasteiger partial charge in [-0.1, -0.05) is 30.3 Å². The summed E-state index contributed by atoms with van der Waals surface area (Å²) in [5, 5.41) is 20.7. The molecule has 0 spiro atoms. The number of nitriles is 1. The number of nitrogens with zero attached hydrogens (tertiary/aromatic N) is 2. The third-order valence-electron chi connectivity index (χ3n) is 3.98. The lowest BCUT2D eigenvalue weighted by atomic mass is 10.0. The van der Waals surface area contributed by atoms with Crippen molar-refractivity contribution < 1.29 is 18.9 Å². The molecule has 0 radical (unpaired) electrons. The second-order valence-corrected chi connectivity index (χ2v) is 5.71. The number of hydrogen-bond donors (Lipinski definition) is 0. The third-order valence-corrected chi connectivity index (χ3v) is 3.98. The fraction of sp³-hybridized carbons (Fsp3) is 0.0476. The molecule has 28 heavy (non-hydrogen) atoms. The summed E-state index contributed by atoms with van der Waals surface area (Å²) in [5.41, 5.74) is 0.368. The quantitative estimate of drug-likeness (QED) is 0.204. The molecular weight excluding hydrogens is 360 g/mol. The third kappa shape index (κ3) is 3.81. The van der Waals surface area contributed by atoms with Crippen LogP contribution in [0.3, 0.4) is 0 Å². The van der Waals surface area contributed by atoms with Crippen molar-refractivity contribution in [3.8, 4) is 23.1 Å². The number of rotatable bonds is 6. The molecule has 0 aliphatic heterocycles. The van der Waals surface area contributed by atoms with Crippen LogP contribution in [0.15, 0.2) is 70.7 Å². The predicted molar refractivity (Wildman–Crippen MR) is 102 cm³/mol. The Morgan fingerprint density at radius 3 is 2.57 bits per heavy atom. The minimum atomic E-state index is -0.532. The number of benzene rings is 2. The van der Waals surface area contributed by atoms with Gasteiger partial charge in [0.15, 0.2) is 0 Å². The molecule has 0 saturated carbocycles. The van der Waals surface area contributed by atoms with Crippen LogP contribution < -0.4 is 4.74 Å². The summed E-state index contributed by atoms with van der Waals surface area (Å²) in [6, 6.07) is 17.8. The van der Waals surface area contributed by atoms with E-state index in [1.807, 2.05) is 6.07 Å². The predicted octanol–water partition coefficient (Wildman–Crippen LogP) is 4.65. The lowest BCUT2D eigenvalue weighted by Gasteiger charge is -2.03. The van der Waals surface area contributed by atoms with E-state index in [1.165, 1.54) is 25.3 Å². The maximum Gasteiger partial charge on any atom is 0.284 e. The number of hydrogen-bond acceptors (Lipinski definition) is 6. The number of furan rings is 1. The average Bonchev–Trinajstić information content (AvgIpc) is 3.20. The van der Waals surface area contributed by atoms with E-state index in [9.17, 15) is 20.2 Å². The van der Waals surface area contributed by atoms with Crippen molar-refractivity contribution >= 4 is 17.5 Å². The number of Topliss-reactive ketones (excluding diaryl/α,β-unsaturated/α-hetero) is 1. The van der Waals surface area contributed by atoms with Gasteiger partial charge in [-0.25, -0.2) is 0 Å². The molecule has 0 bridgehead atoms. The fourth-order valence-electron chi connectivity index (χ4n) is 2.61. The second-order valence-electron chi connectivity index (χ2n) is 5.71. The Hall–Kier alpha value is -4.18. The molecule has 0 unspecified atom stereocenters. The van der Waals surface area contributed by atoms with E-state index in [4.69, 9.17) is 9.15 Å². The number of carbonyl (C=O) groups is 1. The molecule has 1 aromatic heterocycles. The normalized spacial score (nSPS) is 10.9. The fourth-order valence-corrected chi connectivity index (χ4v) is 2.61. The van der Waals surface area contributed by atoms with E-state index >= 15 is 0 Å². The molecule has 0 saturated heterocycles. The van der Waals surface area contributed by atoms with Crippen LogP contribution in [-0.4, -0.2) is 17.8 Å². The van der Waals surface area contributed by atoms with E-state index in [0.717, 1.165) is 0 Å². The molecule has 0 atom stereocenters. The number of methoxy groups -OCH3 is 1. The van der Waals surface area contributed by atoms with E-state index in [2.05, 4.69) is 0 Å². The zero-order valence-electron chi connectivity index (χ0n) is 14.8. The van der Waals surface area contributed by atoms with Crippen LogP contribution in [0.25, 0.3) is 17.4 Å². The summed E-state index contributed by atoms with van der Waals surface area (Å²) < 4.78 is 10.6. The molecule has 0 aliphatic carbocycles. The van der Waals surface area contributed by atoms with Gasteiger partial charge in [0.2, 0.25) is 5.78 Å². The van der Waals surface area contributed by atoms with E-state index < -0.39 is 10.7 Å². The topological polar surface area (TPSA) is 106 Å². The summed E-state index contributed by atoms with van der Waals surface area (Å²) in [5.74, 6) is 0.393. The van der Waals surface area contributed by atoms with Gasteiger partial charge in [0.1, 0.15) is 28.9 Å². The maximum atomic E-state index is 12.4. The standard InChI is InChI=1S/C21H14N2O5/c1-27-16-7-9-18(19(12-16)23(25)26)20-10-8-17(28-20)11-15(13-22)21(24)14-5-3-2-4-6-14/h2-12H,1H3. The Morgan fingerprint density at radius 2 is 1.93 bits per heavy atom. The molecule has 0 fully saturated rings. The highest BCUT2D eigenvalue weighted by atomic mass is 16.6. The highest BCUT2D eigenvalue weighted by molar-refractivity contribution is 6.13. The molecule has 0 amide bonds. The Balaban J connectivity index is 1.96. The summed E-state index contributed by atoms with van der Waals surface area (Å²) >= 11 is 0. The number of ether oxygens (including phenoxy) is 1. The molecule has 2 aromatic carbocycles. The first-order chi connectivity index (χ1) is 13.5. The van der Waals surface area contributed by atoms with E-state index in [0.29, 0.717) is 11.3 Å². The SMILES string of the molecule is COc1ccc(-c2ccc(C=C(C#N)C(=O)c3ccccc3)o2)c([N+](=O)[O-])c1. The number of allylic oxidation sites excluding steroid dienone is 1. The van der Waals surface area contributed by atoms with Gasteiger partial charge in [0.25, 0.3) is 5.69 Å². The molecular formula is C21H14N2O5. The van der Waals surface area contributed by atoms with E-state index in [1.54, 1.807) is 48.5 Å². The summed E-state index contributed by atoms with van der Waals surface area (Å²) in [7, 11) is 1.42. The zero-order chi connectivity index (χ0) is 20.1. The highest BCUT2D eigenvalue weighted by Crippen LogP contribution is 2.34. The van der Waals surface area contributed by atoms with Crippen LogP contribution in [0.5, 0.6) is 5.75 Å². The molecule has 0 N–H and O–H groups in total. The van der Waals surface area contributed by atoms with Gasteiger partial charge in [-0.15, -0.1) is 0 Å². The summed E-state index contributed by atoms with van der Waals surface area (Å²) in [4.78, 5) is 23.3. The molecule has 0 aliphatic rings. The molecule has 7 nitrogen and oxygen atoms in total. The van der Waals surface area contributed by atoms with Crippen molar-refractivity contribution in [3.05, 3.63) is 87.7 Å². The molecule has 3 rings (SSSR count). The van der Waals surface area contributed by atoms with Gasteiger partial charge in [-0.3, -0.25) is 14.9 Å².